The van der Waals surface area contributed by atoms with E-state index in [-0.39, 0.29) is 11.4 Å². The number of hydrogen-bond donors (Lipinski definition) is 1. The minimum atomic E-state index is -0.0579. The third kappa shape index (κ3) is 5.46. The summed E-state index contributed by atoms with van der Waals surface area (Å²) >= 11 is 3.64. The molecule has 0 spiro atoms. The molecule has 0 aliphatic carbocycles. The number of carbonyl (C=O) groups excluding carboxylic acids is 1. The molecule has 4 heterocycles. The average Bonchev–Trinajstić information content (AvgIpc) is 3.64. The van der Waals surface area contributed by atoms with Crippen molar-refractivity contribution in [2.75, 3.05) is 44.4 Å². The van der Waals surface area contributed by atoms with Crippen molar-refractivity contribution in [1.82, 2.24) is 20.0 Å². The van der Waals surface area contributed by atoms with Crippen LogP contribution >= 0.6 is 23.1 Å². The van der Waals surface area contributed by atoms with Crippen LogP contribution in [-0.2, 0) is 16.1 Å². The molecule has 6 nitrogen and oxygen atoms in total. The van der Waals surface area contributed by atoms with Crippen LogP contribution in [0.5, 0.6) is 0 Å². The van der Waals surface area contributed by atoms with E-state index in [1.807, 2.05) is 53.0 Å². The number of carbonyl (C=O) groups is 1. The monoisotopic (exact) mass is 494 g/mol. The highest BCUT2D eigenvalue weighted by Gasteiger charge is 2.40. The van der Waals surface area contributed by atoms with Gasteiger partial charge in [0.25, 0.3) is 0 Å². The fourth-order valence-electron chi connectivity index (χ4n) is 4.63. The predicted molar refractivity (Wildman–Crippen MR) is 140 cm³/mol. The molecule has 0 saturated carbocycles. The molecule has 1 aromatic carbocycles. The Hall–Kier alpha value is -2.39. The lowest BCUT2D eigenvalue weighted by Gasteiger charge is -2.42. The zero-order chi connectivity index (χ0) is 23.2. The second kappa shape index (κ2) is 10.9. The number of thioether (sulfide) groups is 1. The Morgan fingerprint density at radius 1 is 1.18 bits per heavy atom. The van der Waals surface area contributed by atoms with Gasteiger partial charge in [0.05, 0.1) is 24.6 Å². The summed E-state index contributed by atoms with van der Waals surface area (Å²) in [4.78, 5) is 16.4. The van der Waals surface area contributed by atoms with Crippen LogP contribution < -0.4 is 5.32 Å². The SMILES string of the molecule is O=C(/C=C/c1cn(Cc2ccccc2)nc1-c1cccs1)NCC1(N2CCOCC2)CCSC1. The van der Waals surface area contributed by atoms with Crippen LogP contribution in [0.3, 0.4) is 0 Å². The molecule has 2 aromatic heterocycles. The fourth-order valence-corrected chi connectivity index (χ4v) is 6.83. The van der Waals surface area contributed by atoms with Crippen molar-refractivity contribution >= 4 is 35.1 Å². The first-order valence-electron chi connectivity index (χ1n) is 11.7. The Bertz CT molecular complexity index is 1100. The molecule has 34 heavy (non-hydrogen) atoms. The standard InChI is InChI=1S/C26H30N4O2S2/c31-24(27-19-26(10-16-33-20-26)29-11-13-32-14-12-29)9-8-22-18-30(17-21-5-2-1-3-6-21)28-25(22)23-7-4-15-34-23/h1-9,15,18H,10-14,16-17,19-20H2,(H,27,31)/b9-8+. The molecule has 1 amide bonds. The molecule has 2 saturated heterocycles. The molecule has 1 N–H and O–H groups in total. The van der Waals surface area contributed by atoms with Crippen molar-refractivity contribution in [2.45, 2.75) is 18.5 Å². The zero-order valence-electron chi connectivity index (χ0n) is 19.2. The molecule has 1 unspecified atom stereocenters. The van der Waals surface area contributed by atoms with E-state index in [9.17, 15) is 4.79 Å². The number of thiophene rings is 1. The van der Waals surface area contributed by atoms with E-state index in [4.69, 9.17) is 9.84 Å². The lowest BCUT2D eigenvalue weighted by atomic mass is 9.95. The Morgan fingerprint density at radius 2 is 2.03 bits per heavy atom. The number of benzene rings is 1. The fraction of sp³-hybridized carbons (Fsp3) is 0.385. The number of nitrogens with zero attached hydrogens (tertiary/aromatic N) is 3. The van der Waals surface area contributed by atoms with E-state index in [2.05, 4.69) is 33.8 Å². The molecule has 8 heteroatoms. The van der Waals surface area contributed by atoms with Gasteiger partial charge in [0.1, 0.15) is 5.69 Å². The van der Waals surface area contributed by atoms with Gasteiger partial charge in [-0.1, -0.05) is 36.4 Å². The van der Waals surface area contributed by atoms with Gasteiger partial charge >= 0.3 is 0 Å². The molecule has 2 fully saturated rings. The largest absolute Gasteiger partial charge is 0.379 e. The van der Waals surface area contributed by atoms with Crippen LogP contribution in [0.2, 0.25) is 0 Å². The molecule has 0 radical (unpaired) electrons. The topological polar surface area (TPSA) is 59.4 Å². The number of rotatable bonds is 8. The maximum atomic E-state index is 12.8. The van der Waals surface area contributed by atoms with Crippen LogP contribution in [0.25, 0.3) is 16.6 Å². The number of morpholine rings is 1. The third-order valence-electron chi connectivity index (χ3n) is 6.50. The van der Waals surface area contributed by atoms with E-state index in [1.165, 1.54) is 5.56 Å². The van der Waals surface area contributed by atoms with Gasteiger partial charge in [-0.25, -0.2) is 0 Å². The molecular weight excluding hydrogens is 464 g/mol. The first-order chi connectivity index (χ1) is 16.7. The highest BCUT2D eigenvalue weighted by atomic mass is 32.2. The number of nitrogens with one attached hydrogen (secondary N) is 1. The number of ether oxygens (including phenoxy) is 1. The van der Waals surface area contributed by atoms with Crippen LogP contribution in [0.4, 0.5) is 0 Å². The average molecular weight is 495 g/mol. The lowest BCUT2D eigenvalue weighted by molar-refractivity contribution is -0.117. The summed E-state index contributed by atoms with van der Waals surface area (Å²) in [7, 11) is 0. The van der Waals surface area contributed by atoms with Gasteiger partial charge in [0.15, 0.2) is 0 Å². The molecule has 0 bridgehead atoms. The summed E-state index contributed by atoms with van der Waals surface area (Å²) in [6, 6.07) is 14.4. The van der Waals surface area contributed by atoms with Crippen LogP contribution in [-0.4, -0.2) is 70.5 Å². The summed E-state index contributed by atoms with van der Waals surface area (Å²) in [5.74, 6) is 2.15. The highest BCUT2D eigenvalue weighted by Crippen LogP contribution is 2.33. The van der Waals surface area contributed by atoms with Crippen molar-refractivity contribution in [3.63, 3.8) is 0 Å². The second-order valence-electron chi connectivity index (χ2n) is 8.77. The lowest BCUT2D eigenvalue weighted by Crippen LogP contribution is -2.59. The Kier molecular flexibility index (Phi) is 7.49. The molecule has 178 valence electrons. The van der Waals surface area contributed by atoms with Crippen molar-refractivity contribution < 1.29 is 9.53 Å². The van der Waals surface area contributed by atoms with Gasteiger partial charge in [-0.05, 0) is 35.3 Å². The van der Waals surface area contributed by atoms with Crippen LogP contribution in [0.1, 0.15) is 17.5 Å². The predicted octanol–water partition coefficient (Wildman–Crippen LogP) is 4.00. The molecule has 1 atom stereocenters. The summed E-state index contributed by atoms with van der Waals surface area (Å²) in [6.45, 7) is 4.80. The summed E-state index contributed by atoms with van der Waals surface area (Å²) in [5.41, 5.74) is 3.10. The minimum absolute atomic E-state index is 0.0423. The highest BCUT2D eigenvalue weighted by molar-refractivity contribution is 7.99. The third-order valence-corrected chi connectivity index (χ3v) is 8.61. The molecule has 3 aromatic rings. The van der Waals surface area contributed by atoms with Gasteiger partial charge in [0, 0.05) is 48.8 Å². The number of amides is 1. The quantitative estimate of drug-likeness (QED) is 0.480. The smallest absolute Gasteiger partial charge is 0.244 e. The van der Waals surface area contributed by atoms with Crippen molar-refractivity contribution in [2.24, 2.45) is 0 Å². The maximum absolute atomic E-state index is 12.8. The van der Waals surface area contributed by atoms with Crippen molar-refractivity contribution in [3.05, 3.63) is 71.2 Å². The van der Waals surface area contributed by atoms with Gasteiger partial charge in [-0.3, -0.25) is 14.4 Å². The van der Waals surface area contributed by atoms with E-state index < -0.39 is 0 Å². The van der Waals surface area contributed by atoms with Crippen molar-refractivity contribution in [1.29, 1.82) is 0 Å². The van der Waals surface area contributed by atoms with E-state index in [0.29, 0.717) is 13.1 Å². The Labute approximate surface area is 209 Å². The van der Waals surface area contributed by atoms with E-state index in [0.717, 1.165) is 60.4 Å². The first kappa shape index (κ1) is 23.4. The minimum Gasteiger partial charge on any atom is -0.379 e. The van der Waals surface area contributed by atoms with E-state index >= 15 is 0 Å². The summed E-state index contributed by atoms with van der Waals surface area (Å²) in [5, 5.41) is 10.1. The van der Waals surface area contributed by atoms with Gasteiger partial charge in [-0.2, -0.15) is 16.9 Å². The normalized spacial score (nSPS) is 21.3. The Morgan fingerprint density at radius 3 is 2.76 bits per heavy atom. The first-order valence-corrected chi connectivity index (χ1v) is 13.8. The van der Waals surface area contributed by atoms with Crippen molar-refractivity contribution in [3.8, 4) is 10.6 Å². The van der Waals surface area contributed by atoms with Crippen LogP contribution in [0, 0.1) is 0 Å². The maximum Gasteiger partial charge on any atom is 0.244 e. The second-order valence-corrected chi connectivity index (χ2v) is 10.8. The van der Waals surface area contributed by atoms with E-state index in [1.54, 1.807) is 17.4 Å². The summed E-state index contributed by atoms with van der Waals surface area (Å²) in [6.07, 6.45) is 6.67. The molecule has 5 rings (SSSR count). The van der Waals surface area contributed by atoms with Gasteiger partial charge in [-0.15, -0.1) is 11.3 Å². The number of aromatic nitrogens is 2. The number of hydrogen-bond acceptors (Lipinski definition) is 6. The molecular formula is C26H30N4O2S2. The molecule has 2 aliphatic heterocycles. The van der Waals surface area contributed by atoms with Crippen LogP contribution in [0.15, 0.2) is 60.1 Å². The summed E-state index contributed by atoms with van der Waals surface area (Å²) < 4.78 is 7.49. The molecule has 2 aliphatic rings. The van der Waals surface area contributed by atoms with Gasteiger partial charge < -0.3 is 10.1 Å². The van der Waals surface area contributed by atoms with Gasteiger partial charge in [0.2, 0.25) is 5.91 Å². The zero-order valence-corrected chi connectivity index (χ0v) is 20.8. The Balaban J connectivity index is 1.28.